The molecule has 2 heterocycles. The normalized spacial score (nSPS) is 20.0. The van der Waals surface area contributed by atoms with Crippen molar-refractivity contribution in [2.24, 2.45) is 5.10 Å². The van der Waals surface area contributed by atoms with Crippen molar-refractivity contribution in [2.45, 2.75) is 26.3 Å². The number of ether oxygens (including phenoxy) is 1. The number of hydrogen-bond donors (Lipinski definition) is 0. The molecule has 2 aliphatic rings. The fourth-order valence-corrected chi connectivity index (χ4v) is 3.85. The lowest BCUT2D eigenvalue weighted by molar-refractivity contribution is -0.135. The van der Waals surface area contributed by atoms with Crippen molar-refractivity contribution in [2.75, 3.05) is 32.8 Å². The smallest absolute Gasteiger partial charge is 0.257 e. The molecule has 4 rings (SSSR count). The minimum atomic E-state index is -0.429. The molecule has 0 bridgehead atoms. The van der Waals surface area contributed by atoms with E-state index >= 15 is 0 Å². The maximum absolute atomic E-state index is 14.6. The van der Waals surface area contributed by atoms with Crippen molar-refractivity contribution in [3.05, 3.63) is 70.5 Å². The van der Waals surface area contributed by atoms with Gasteiger partial charge in [-0.25, -0.2) is 9.40 Å². The Bertz CT molecular complexity index is 937. The van der Waals surface area contributed by atoms with E-state index in [9.17, 15) is 9.18 Å². The lowest BCUT2D eigenvalue weighted by Crippen LogP contribution is -2.43. The van der Waals surface area contributed by atoms with E-state index in [1.807, 2.05) is 6.07 Å². The second-order valence-corrected chi connectivity index (χ2v) is 7.71. The standard InChI is InChI=1S/C23H26FN3O2/c1-16-7-8-18(13-17(16)2)21-14-22(19-5-3-4-6-20(19)24)27(25-21)23(28)15-26-9-11-29-12-10-26/h3-8,13,22H,9-12,14-15H2,1-2H3. The van der Waals surface area contributed by atoms with Gasteiger partial charge in [0.05, 0.1) is 31.5 Å². The van der Waals surface area contributed by atoms with Crippen LogP contribution in [0.15, 0.2) is 47.6 Å². The number of morpholine rings is 1. The Morgan fingerprint density at radius 2 is 1.90 bits per heavy atom. The van der Waals surface area contributed by atoms with E-state index in [0.29, 0.717) is 25.2 Å². The largest absolute Gasteiger partial charge is 0.379 e. The zero-order valence-electron chi connectivity index (χ0n) is 16.9. The van der Waals surface area contributed by atoms with Crippen LogP contribution in [0.2, 0.25) is 0 Å². The Morgan fingerprint density at radius 3 is 2.62 bits per heavy atom. The number of rotatable bonds is 4. The highest BCUT2D eigenvalue weighted by Gasteiger charge is 2.35. The molecule has 1 unspecified atom stereocenters. The first-order valence-corrected chi connectivity index (χ1v) is 10.0. The molecule has 0 spiro atoms. The molecule has 2 aromatic carbocycles. The van der Waals surface area contributed by atoms with Crippen LogP contribution >= 0.6 is 0 Å². The zero-order valence-corrected chi connectivity index (χ0v) is 16.9. The van der Waals surface area contributed by atoms with E-state index in [2.05, 4.69) is 36.0 Å². The van der Waals surface area contributed by atoms with Crippen LogP contribution in [-0.4, -0.2) is 54.4 Å². The summed E-state index contributed by atoms with van der Waals surface area (Å²) < 4.78 is 19.9. The highest BCUT2D eigenvalue weighted by atomic mass is 19.1. The second kappa shape index (κ2) is 8.43. The highest BCUT2D eigenvalue weighted by molar-refractivity contribution is 6.03. The summed E-state index contributed by atoms with van der Waals surface area (Å²) in [6.07, 6.45) is 0.498. The van der Waals surface area contributed by atoms with Gasteiger partial charge in [0.2, 0.25) is 0 Å². The third-order valence-corrected chi connectivity index (χ3v) is 5.73. The van der Waals surface area contributed by atoms with E-state index in [-0.39, 0.29) is 18.3 Å². The lowest BCUT2D eigenvalue weighted by Gasteiger charge is -2.29. The van der Waals surface area contributed by atoms with Gasteiger partial charge in [0.25, 0.3) is 5.91 Å². The van der Waals surface area contributed by atoms with Gasteiger partial charge in [0.1, 0.15) is 5.82 Å². The van der Waals surface area contributed by atoms with E-state index in [0.717, 1.165) is 24.4 Å². The molecule has 0 aliphatic carbocycles. The van der Waals surface area contributed by atoms with Crippen LogP contribution in [0.3, 0.4) is 0 Å². The van der Waals surface area contributed by atoms with Crippen LogP contribution in [-0.2, 0) is 9.53 Å². The first kappa shape index (κ1) is 19.7. The monoisotopic (exact) mass is 395 g/mol. The molecule has 0 aromatic heterocycles. The Hall–Kier alpha value is -2.57. The van der Waals surface area contributed by atoms with E-state index < -0.39 is 6.04 Å². The van der Waals surface area contributed by atoms with Crippen molar-refractivity contribution in [3.8, 4) is 0 Å². The number of benzene rings is 2. The molecule has 1 saturated heterocycles. The predicted octanol–water partition coefficient (Wildman–Crippen LogP) is 3.45. The predicted molar refractivity (Wildman–Crippen MR) is 110 cm³/mol. The summed E-state index contributed by atoms with van der Waals surface area (Å²) in [6, 6.07) is 12.4. The Morgan fingerprint density at radius 1 is 1.14 bits per heavy atom. The number of nitrogens with zero attached hydrogens (tertiary/aromatic N) is 3. The first-order chi connectivity index (χ1) is 14.0. The third-order valence-electron chi connectivity index (χ3n) is 5.73. The molecule has 2 aliphatic heterocycles. The van der Waals surface area contributed by atoms with Crippen molar-refractivity contribution in [3.63, 3.8) is 0 Å². The molecule has 1 amide bonds. The number of carbonyl (C=O) groups is 1. The molecule has 5 nitrogen and oxygen atoms in total. The molecule has 6 heteroatoms. The average molecular weight is 395 g/mol. The number of hydrazone groups is 1. The quantitative estimate of drug-likeness (QED) is 0.797. The van der Waals surface area contributed by atoms with Crippen molar-refractivity contribution < 1.29 is 13.9 Å². The average Bonchev–Trinajstić information content (AvgIpc) is 3.16. The topological polar surface area (TPSA) is 45.1 Å². The first-order valence-electron chi connectivity index (χ1n) is 10.0. The molecule has 1 fully saturated rings. The SMILES string of the molecule is Cc1ccc(C2=NN(C(=O)CN3CCOCC3)C(c3ccccc3F)C2)cc1C. The van der Waals surface area contributed by atoms with E-state index in [1.54, 1.807) is 18.2 Å². The molecule has 29 heavy (non-hydrogen) atoms. The molecule has 1 atom stereocenters. The summed E-state index contributed by atoms with van der Waals surface area (Å²) >= 11 is 0. The summed E-state index contributed by atoms with van der Waals surface area (Å²) in [5.41, 5.74) is 4.68. The summed E-state index contributed by atoms with van der Waals surface area (Å²) in [5.74, 6) is -0.419. The number of hydrogen-bond acceptors (Lipinski definition) is 4. The minimum absolute atomic E-state index is 0.112. The van der Waals surface area contributed by atoms with Gasteiger partial charge in [-0.2, -0.15) is 5.10 Å². The Kier molecular flexibility index (Phi) is 5.74. The second-order valence-electron chi connectivity index (χ2n) is 7.71. The molecule has 152 valence electrons. The highest BCUT2D eigenvalue weighted by Crippen LogP contribution is 2.34. The molecule has 0 N–H and O–H groups in total. The molecule has 2 aromatic rings. The van der Waals surface area contributed by atoms with Gasteiger partial charge in [0, 0.05) is 25.1 Å². The zero-order chi connectivity index (χ0) is 20.4. The van der Waals surface area contributed by atoms with Crippen LogP contribution in [0.25, 0.3) is 0 Å². The van der Waals surface area contributed by atoms with Crippen LogP contribution < -0.4 is 0 Å². The van der Waals surface area contributed by atoms with Gasteiger partial charge in [-0.1, -0.05) is 30.3 Å². The summed E-state index contributed by atoms with van der Waals surface area (Å²) in [7, 11) is 0. The van der Waals surface area contributed by atoms with E-state index in [4.69, 9.17) is 4.74 Å². The van der Waals surface area contributed by atoms with Gasteiger partial charge in [-0.05, 0) is 42.7 Å². The summed E-state index contributed by atoms with van der Waals surface area (Å²) in [4.78, 5) is 15.2. The van der Waals surface area contributed by atoms with Crippen LogP contribution in [0.1, 0.15) is 34.7 Å². The Labute approximate surface area is 170 Å². The van der Waals surface area contributed by atoms with Crippen LogP contribution in [0, 0.1) is 19.7 Å². The molecule has 0 radical (unpaired) electrons. The Balaban J connectivity index is 1.64. The number of amides is 1. The van der Waals surface area contributed by atoms with Crippen LogP contribution in [0.4, 0.5) is 4.39 Å². The van der Waals surface area contributed by atoms with Gasteiger partial charge in [0.15, 0.2) is 0 Å². The summed E-state index contributed by atoms with van der Waals surface area (Å²) in [6.45, 7) is 7.08. The van der Waals surface area contributed by atoms with Gasteiger partial charge < -0.3 is 4.74 Å². The fraction of sp³-hybridized carbons (Fsp3) is 0.391. The van der Waals surface area contributed by atoms with Crippen LogP contribution in [0.5, 0.6) is 0 Å². The third kappa shape index (κ3) is 4.23. The van der Waals surface area contributed by atoms with Crippen molar-refractivity contribution in [1.29, 1.82) is 0 Å². The number of halogens is 1. The maximum Gasteiger partial charge on any atom is 0.257 e. The number of aryl methyl sites for hydroxylation is 2. The van der Waals surface area contributed by atoms with Crippen molar-refractivity contribution in [1.82, 2.24) is 9.91 Å². The van der Waals surface area contributed by atoms with Gasteiger partial charge in [-0.3, -0.25) is 9.69 Å². The van der Waals surface area contributed by atoms with Gasteiger partial charge >= 0.3 is 0 Å². The lowest BCUT2D eigenvalue weighted by atomic mass is 9.96. The fourth-order valence-electron chi connectivity index (χ4n) is 3.85. The minimum Gasteiger partial charge on any atom is -0.379 e. The summed E-state index contributed by atoms with van der Waals surface area (Å²) in [5, 5.41) is 6.15. The van der Waals surface area contributed by atoms with E-state index in [1.165, 1.54) is 22.2 Å². The molecule has 0 saturated carbocycles. The van der Waals surface area contributed by atoms with Crippen molar-refractivity contribution >= 4 is 11.6 Å². The molecular weight excluding hydrogens is 369 g/mol. The van der Waals surface area contributed by atoms with Gasteiger partial charge in [-0.15, -0.1) is 0 Å². The maximum atomic E-state index is 14.6. The molecular formula is C23H26FN3O2. The number of carbonyl (C=O) groups excluding carboxylic acids is 1.